The molecule has 0 atom stereocenters. The summed E-state index contributed by atoms with van der Waals surface area (Å²) in [6.45, 7) is 4.97. The first-order chi connectivity index (χ1) is 7.61. The monoisotopic (exact) mass is 244 g/mol. The number of guanidine groups is 1. The van der Waals surface area contributed by atoms with Crippen LogP contribution in [0.4, 0.5) is 0 Å². The SMILES string of the molecule is CN(CC(=O)NCC(=O)OC(C)(C)C)C(=N)N. The molecule has 0 spiro atoms. The fraction of sp³-hybridized carbons (Fsp3) is 0.700. The molecular formula is C10H20N4O3. The van der Waals surface area contributed by atoms with Crippen molar-refractivity contribution in [2.45, 2.75) is 26.4 Å². The van der Waals surface area contributed by atoms with Crippen LogP contribution < -0.4 is 11.1 Å². The number of amides is 1. The predicted molar refractivity (Wildman–Crippen MR) is 63.4 cm³/mol. The highest BCUT2D eigenvalue weighted by Crippen LogP contribution is 2.05. The van der Waals surface area contributed by atoms with Crippen molar-refractivity contribution in [1.29, 1.82) is 5.41 Å². The summed E-state index contributed by atoms with van der Waals surface area (Å²) in [7, 11) is 1.51. The average molecular weight is 244 g/mol. The lowest BCUT2D eigenvalue weighted by Crippen LogP contribution is -2.43. The van der Waals surface area contributed by atoms with Gasteiger partial charge in [0.05, 0.1) is 6.54 Å². The van der Waals surface area contributed by atoms with Gasteiger partial charge in [-0.3, -0.25) is 15.0 Å². The van der Waals surface area contributed by atoms with Crippen LogP contribution in [0.1, 0.15) is 20.8 Å². The van der Waals surface area contributed by atoms with E-state index < -0.39 is 17.5 Å². The normalized spacial score (nSPS) is 10.6. The number of ether oxygens (including phenoxy) is 1. The van der Waals surface area contributed by atoms with E-state index in [2.05, 4.69) is 5.32 Å². The van der Waals surface area contributed by atoms with Gasteiger partial charge in [-0.1, -0.05) is 0 Å². The van der Waals surface area contributed by atoms with Crippen molar-refractivity contribution >= 4 is 17.8 Å². The summed E-state index contributed by atoms with van der Waals surface area (Å²) < 4.78 is 5.01. The summed E-state index contributed by atoms with van der Waals surface area (Å²) in [5.74, 6) is -1.11. The lowest BCUT2D eigenvalue weighted by molar-refractivity contribution is -0.154. The van der Waals surface area contributed by atoms with Crippen molar-refractivity contribution in [3.8, 4) is 0 Å². The van der Waals surface area contributed by atoms with Crippen molar-refractivity contribution in [2.75, 3.05) is 20.1 Å². The molecule has 4 N–H and O–H groups in total. The minimum atomic E-state index is -0.571. The molecule has 0 rings (SSSR count). The quantitative estimate of drug-likeness (QED) is 0.343. The van der Waals surface area contributed by atoms with E-state index in [1.807, 2.05) is 0 Å². The van der Waals surface area contributed by atoms with Crippen LogP contribution in [0.3, 0.4) is 0 Å². The summed E-state index contributed by atoms with van der Waals surface area (Å²) in [6, 6.07) is 0. The van der Waals surface area contributed by atoms with Gasteiger partial charge in [0.25, 0.3) is 0 Å². The smallest absolute Gasteiger partial charge is 0.325 e. The van der Waals surface area contributed by atoms with Crippen molar-refractivity contribution in [1.82, 2.24) is 10.2 Å². The minimum Gasteiger partial charge on any atom is -0.459 e. The van der Waals surface area contributed by atoms with Gasteiger partial charge in [-0.05, 0) is 20.8 Å². The van der Waals surface area contributed by atoms with Gasteiger partial charge in [0.2, 0.25) is 5.91 Å². The summed E-state index contributed by atoms with van der Waals surface area (Å²) in [5, 5.41) is 9.44. The molecule has 0 aliphatic rings. The fourth-order valence-electron chi connectivity index (χ4n) is 0.905. The molecule has 0 heterocycles. The van der Waals surface area contributed by atoms with Crippen molar-refractivity contribution in [2.24, 2.45) is 5.73 Å². The lowest BCUT2D eigenvalue weighted by Gasteiger charge is -2.20. The zero-order valence-electron chi connectivity index (χ0n) is 10.7. The maximum Gasteiger partial charge on any atom is 0.325 e. The summed E-state index contributed by atoms with van der Waals surface area (Å²) in [5.41, 5.74) is 4.59. The number of nitrogens with zero attached hydrogens (tertiary/aromatic N) is 1. The zero-order chi connectivity index (χ0) is 13.6. The van der Waals surface area contributed by atoms with E-state index >= 15 is 0 Å². The number of nitrogens with one attached hydrogen (secondary N) is 2. The Morgan fingerprint density at radius 3 is 2.35 bits per heavy atom. The molecular weight excluding hydrogens is 224 g/mol. The first-order valence-corrected chi connectivity index (χ1v) is 5.15. The number of hydrogen-bond donors (Lipinski definition) is 3. The zero-order valence-corrected chi connectivity index (χ0v) is 10.7. The van der Waals surface area contributed by atoms with E-state index in [1.54, 1.807) is 20.8 Å². The van der Waals surface area contributed by atoms with Gasteiger partial charge in [-0.2, -0.15) is 0 Å². The second kappa shape index (κ2) is 6.07. The molecule has 7 nitrogen and oxygen atoms in total. The Morgan fingerprint density at radius 1 is 1.41 bits per heavy atom. The second-order valence-corrected chi connectivity index (χ2v) is 4.60. The molecule has 98 valence electrons. The topological polar surface area (TPSA) is 109 Å². The van der Waals surface area contributed by atoms with E-state index in [-0.39, 0.29) is 19.0 Å². The first-order valence-electron chi connectivity index (χ1n) is 5.15. The number of carbonyl (C=O) groups is 2. The van der Waals surface area contributed by atoms with Crippen molar-refractivity contribution in [3.05, 3.63) is 0 Å². The van der Waals surface area contributed by atoms with Crippen molar-refractivity contribution < 1.29 is 14.3 Å². The molecule has 0 saturated carbocycles. The second-order valence-electron chi connectivity index (χ2n) is 4.60. The van der Waals surface area contributed by atoms with Gasteiger partial charge in [-0.25, -0.2) is 0 Å². The molecule has 0 aromatic carbocycles. The minimum absolute atomic E-state index is 0.0713. The highest BCUT2D eigenvalue weighted by molar-refractivity contribution is 5.86. The van der Waals surface area contributed by atoms with E-state index in [1.165, 1.54) is 11.9 Å². The molecule has 17 heavy (non-hydrogen) atoms. The van der Waals surface area contributed by atoms with Crippen LogP contribution in [-0.4, -0.2) is 48.5 Å². The maximum absolute atomic E-state index is 11.3. The molecule has 1 amide bonds. The maximum atomic E-state index is 11.3. The largest absolute Gasteiger partial charge is 0.459 e. The summed E-state index contributed by atoms with van der Waals surface area (Å²) >= 11 is 0. The van der Waals surface area contributed by atoms with Gasteiger partial charge in [0, 0.05) is 7.05 Å². The van der Waals surface area contributed by atoms with E-state index in [9.17, 15) is 9.59 Å². The number of hydrogen-bond acceptors (Lipinski definition) is 4. The third-order valence-corrected chi connectivity index (χ3v) is 1.64. The van der Waals surface area contributed by atoms with Crippen LogP contribution in [0, 0.1) is 5.41 Å². The third-order valence-electron chi connectivity index (χ3n) is 1.64. The van der Waals surface area contributed by atoms with Crippen LogP contribution in [0.2, 0.25) is 0 Å². The standard InChI is InChI=1S/C10H20N4O3/c1-10(2,3)17-8(16)5-13-7(15)6-14(4)9(11)12/h5-6H2,1-4H3,(H3,11,12)(H,13,15). The number of esters is 1. The summed E-state index contributed by atoms with van der Waals surface area (Å²) in [4.78, 5) is 23.8. The van der Waals surface area contributed by atoms with Crippen LogP contribution >= 0.6 is 0 Å². The Hall–Kier alpha value is -1.79. The Bertz CT molecular complexity index is 309. The molecule has 0 aliphatic heterocycles. The molecule has 0 saturated heterocycles. The molecule has 0 unspecified atom stereocenters. The molecule has 7 heteroatoms. The van der Waals surface area contributed by atoms with Crippen LogP contribution in [0.15, 0.2) is 0 Å². The van der Waals surface area contributed by atoms with Gasteiger partial charge in [0.15, 0.2) is 5.96 Å². The van der Waals surface area contributed by atoms with Crippen LogP contribution in [0.25, 0.3) is 0 Å². The van der Waals surface area contributed by atoms with E-state index in [4.69, 9.17) is 15.9 Å². The Kier molecular flexibility index (Phi) is 5.43. The fourth-order valence-corrected chi connectivity index (χ4v) is 0.905. The molecule has 0 aliphatic carbocycles. The third kappa shape index (κ3) is 8.06. The Balaban J connectivity index is 3.93. The Morgan fingerprint density at radius 2 is 1.94 bits per heavy atom. The molecule has 0 radical (unpaired) electrons. The number of rotatable bonds is 4. The van der Waals surface area contributed by atoms with Gasteiger partial charge in [-0.15, -0.1) is 0 Å². The number of nitrogens with two attached hydrogens (primary N) is 1. The lowest BCUT2D eigenvalue weighted by atomic mass is 10.2. The number of likely N-dealkylation sites (N-methyl/N-ethyl adjacent to an activating group) is 1. The van der Waals surface area contributed by atoms with Crippen molar-refractivity contribution in [3.63, 3.8) is 0 Å². The molecule has 0 aromatic rings. The van der Waals surface area contributed by atoms with E-state index in [0.29, 0.717) is 0 Å². The van der Waals surface area contributed by atoms with Gasteiger partial charge >= 0.3 is 5.97 Å². The van der Waals surface area contributed by atoms with E-state index in [0.717, 1.165) is 0 Å². The number of carbonyl (C=O) groups excluding carboxylic acids is 2. The van der Waals surface area contributed by atoms with Gasteiger partial charge < -0.3 is 20.7 Å². The first kappa shape index (κ1) is 15.2. The molecule has 0 bridgehead atoms. The highest BCUT2D eigenvalue weighted by atomic mass is 16.6. The molecule has 0 fully saturated rings. The van der Waals surface area contributed by atoms with Crippen LogP contribution in [-0.2, 0) is 14.3 Å². The predicted octanol–water partition coefficient (Wildman–Crippen LogP) is -0.730. The van der Waals surface area contributed by atoms with Crippen LogP contribution in [0.5, 0.6) is 0 Å². The molecule has 0 aromatic heterocycles. The average Bonchev–Trinajstić information content (AvgIpc) is 2.11. The highest BCUT2D eigenvalue weighted by Gasteiger charge is 2.17. The Labute approximate surface area is 101 Å². The van der Waals surface area contributed by atoms with Gasteiger partial charge in [0.1, 0.15) is 12.1 Å². The summed E-state index contributed by atoms with van der Waals surface area (Å²) in [6.07, 6.45) is 0.